The Labute approximate surface area is 209 Å². The molecular weight excluding hydrogens is 519 g/mol. The van der Waals surface area contributed by atoms with E-state index in [1.54, 1.807) is 36.5 Å². The maximum Gasteiger partial charge on any atom is 0.263 e. The smallest absolute Gasteiger partial charge is 0.263 e. The van der Waals surface area contributed by atoms with Gasteiger partial charge >= 0.3 is 0 Å². The van der Waals surface area contributed by atoms with Gasteiger partial charge in [-0.3, -0.25) is 9.71 Å². The molecular formula is C22H14Cl2N4O4S2. The van der Waals surface area contributed by atoms with E-state index in [9.17, 15) is 18.8 Å². The number of aliphatic hydroxyl groups excluding tert-OH is 1. The molecule has 0 spiro atoms. The summed E-state index contributed by atoms with van der Waals surface area (Å²) in [6.07, 6.45) is 2.88. The second-order valence-corrected chi connectivity index (χ2v) is 10.6. The molecule has 2 N–H and O–H groups in total. The molecule has 0 saturated carbocycles. The van der Waals surface area contributed by atoms with Crippen LogP contribution in [0.1, 0.15) is 11.3 Å². The van der Waals surface area contributed by atoms with Crippen LogP contribution in [0.3, 0.4) is 0 Å². The summed E-state index contributed by atoms with van der Waals surface area (Å²) in [6, 6.07) is 14.3. The molecule has 0 aliphatic carbocycles. The van der Waals surface area contributed by atoms with Crippen LogP contribution < -0.4 is 9.46 Å². The Hall–Kier alpha value is -3.20. The number of aliphatic hydroxyl groups is 1. The third kappa shape index (κ3) is 5.30. The molecule has 0 atom stereocenters. The lowest BCUT2D eigenvalue weighted by molar-refractivity contribution is 0.277. The van der Waals surface area contributed by atoms with Crippen molar-refractivity contribution in [1.82, 2.24) is 9.97 Å². The number of pyridine rings is 1. The van der Waals surface area contributed by atoms with Crippen LogP contribution in [-0.4, -0.2) is 23.5 Å². The van der Waals surface area contributed by atoms with Crippen molar-refractivity contribution < 1.29 is 18.3 Å². The predicted octanol–water partition coefficient (Wildman–Crippen LogP) is 5.47. The van der Waals surface area contributed by atoms with Crippen molar-refractivity contribution in [3.63, 3.8) is 0 Å². The Morgan fingerprint density at radius 1 is 1.09 bits per heavy atom. The Kier molecular flexibility index (Phi) is 7.02. The topological polar surface area (TPSA) is 125 Å². The third-order valence-corrected chi connectivity index (χ3v) is 7.26. The number of ether oxygens (including phenoxy) is 1. The first-order valence-electron chi connectivity index (χ1n) is 9.51. The van der Waals surface area contributed by atoms with Gasteiger partial charge in [0, 0.05) is 16.8 Å². The first kappa shape index (κ1) is 23.9. The minimum absolute atomic E-state index is 0.00622. The zero-order valence-electron chi connectivity index (χ0n) is 17.1. The highest BCUT2D eigenvalue weighted by atomic mass is 35.5. The van der Waals surface area contributed by atoms with Crippen molar-refractivity contribution in [3.05, 3.63) is 81.5 Å². The van der Waals surface area contributed by atoms with Crippen molar-refractivity contribution in [2.75, 3.05) is 4.72 Å². The summed E-state index contributed by atoms with van der Waals surface area (Å²) in [5.41, 5.74) is 1.77. The molecule has 34 heavy (non-hydrogen) atoms. The van der Waals surface area contributed by atoms with E-state index < -0.39 is 10.0 Å². The van der Waals surface area contributed by atoms with Crippen molar-refractivity contribution in [3.8, 4) is 28.7 Å². The molecule has 0 amide bonds. The lowest BCUT2D eigenvalue weighted by Crippen LogP contribution is -2.13. The minimum Gasteiger partial charge on any atom is -0.455 e. The van der Waals surface area contributed by atoms with Crippen molar-refractivity contribution in [2.45, 2.75) is 11.5 Å². The summed E-state index contributed by atoms with van der Waals surface area (Å²) in [5.74, 6) is 0.529. The predicted molar refractivity (Wildman–Crippen MR) is 130 cm³/mol. The van der Waals surface area contributed by atoms with Crippen LogP contribution in [0.15, 0.2) is 65.8 Å². The maximum absolute atomic E-state index is 12.7. The Morgan fingerprint density at radius 2 is 1.88 bits per heavy atom. The van der Waals surface area contributed by atoms with Crippen LogP contribution in [0.25, 0.3) is 11.1 Å². The fourth-order valence-corrected chi connectivity index (χ4v) is 5.25. The Balaban J connectivity index is 1.68. The lowest BCUT2D eigenvalue weighted by atomic mass is 10.0. The normalized spacial score (nSPS) is 11.1. The summed E-state index contributed by atoms with van der Waals surface area (Å²) < 4.78 is 34.1. The number of nitriles is 1. The van der Waals surface area contributed by atoms with E-state index >= 15 is 0 Å². The van der Waals surface area contributed by atoms with E-state index in [-0.39, 0.29) is 27.9 Å². The summed E-state index contributed by atoms with van der Waals surface area (Å²) in [4.78, 5) is 7.81. The van der Waals surface area contributed by atoms with Gasteiger partial charge in [0.25, 0.3) is 10.0 Å². The summed E-state index contributed by atoms with van der Waals surface area (Å²) in [5, 5.41) is 19.6. The fraction of sp³-hybridized carbons (Fsp3) is 0.0455. The number of rotatable bonds is 7. The third-order valence-electron chi connectivity index (χ3n) is 4.53. The average Bonchev–Trinajstić information content (AvgIpc) is 3.23. The molecule has 0 aliphatic heterocycles. The van der Waals surface area contributed by atoms with Gasteiger partial charge in [0.05, 0.1) is 29.0 Å². The molecule has 0 bridgehead atoms. The zero-order chi connectivity index (χ0) is 24.3. The molecule has 172 valence electrons. The quantitative estimate of drug-likeness (QED) is 0.323. The van der Waals surface area contributed by atoms with Gasteiger partial charge in [-0.15, -0.1) is 0 Å². The number of sulfonamides is 1. The van der Waals surface area contributed by atoms with E-state index in [0.717, 1.165) is 11.3 Å². The molecule has 0 fully saturated rings. The zero-order valence-corrected chi connectivity index (χ0v) is 20.2. The molecule has 2 aromatic carbocycles. The van der Waals surface area contributed by atoms with Crippen LogP contribution in [-0.2, 0) is 16.6 Å². The largest absolute Gasteiger partial charge is 0.455 e. The van der Waals surface area contributed by atoms with Gasteiger partial charge in [0.15, 0.2) is 5.13 Å². The number of nitrogens with one attached hydrogen (secondary N) is 1. The van der Waals surface area contributed by atoms with E-state index in [1.807, 2.05) is 6.07 Å². The standard InChI is InChI=1S/C22H14Cl2N4O4S2/c23-15-1-3-20(18(9-15)13-5-6-26-16(7-13)12-29)32-19-4-2-17(8-14(19)10-25)34(30,31)28-22-27-11-21(24)33-22/h1-9,11,29H,12H2,(H,27,28). The number of hydrogen-bond donors (Lipinski definition) is 2. The van der Waals surface area contributed by atoms with Gasteiger partial charge in [-0.25, -0.2) is 13.4 Å². The second kappa shape index (κ2) is 9.97. The summed E-state index contributed by atoms with van der Waals surface area (Å²) >= 11 is 13.0. The highest BCUT2D eigenvalue weighted by Gasteiger charge is 2.19. The number of benzene rings is 2. The lowest BCUT2D eigenvalue weighted by Gasteiger charge is -2.14. The van der Waals surface area contributed by atoms with E-state index in [0.29, 0.717) is 31.9 Å². The molecule has 2 heterocycles. The number of hydrogen-bond acceptors (Lipinski definition) is 8. The summed E-state index contributed by atoms with van der Waals surface area (Å²) in [6.45, 7) is -0.236. The fourth-order valence-electron chi connectivity index (χ4n) is 3.00. The van der Waals surface area contributed by atoms with Crippen LogP contribution in [0, 0.1) is 11.3 Å². The van der Waals surface area contributed by atoms with Crippen LogP contribution >= 0.6 is 34.5 Å². The second-order valence-electron chi connectivity index (χ2n) is 6.78. The number of anilines is 1. The van der Waals surface area contributed by atoms with Crippen LogP contribution in [0.2, 0.25) is 9.36 Å². The van der Waals surface area contributed by atoms with Crippen molar-refractivity contribution in [2.24, 2.45) is 0 Å². The number of nitrogens with zero attached hydrogens (tertiary/aromatic N) is 3. The minimum atomic E-state index is -4.00. The monoisotopic (exact) mass is 532 g/mol. The first-order valence-corrected chi connectivity index (χ1v) is 12.6. The molecule has 4 aromatic rings. The number of aromatic nitrogens is 2. The van der Waals surface area contributed by atoms with E-state index in [1.165, 1.54) is 24.4 Å². The Morgan fingerprint density at radius 3 is 2.59 bits per heavy atom. The highest BCUT2D eigenvalue weighted by Crippen LogP contribution is 2.37. The van der Waals surface area contributed by atoms with Gasteiger partial charge in [0.2, 0.25) is 0 Å². The van der Waals surface area contributed by atoms with Gasteiger partial charge in [-0.1, -0.05) is 34.5 Å². The summed E-state index contributed by atoms with van der Waals surface area (Å²) in [7, 11) is -4.00. The van der Waals surface area contributed by atoms with Crippen LogP contribution in [0.5, 0.6) is 11.5 Å². The van der Waals surface area contributed by atoms with Gasteiger partial charge in [-0.2, -0.15) is 5.26 Å². The molecule has 12 heteroatoms. The molecule has 0 radical (unpaired) electrons. The van der Waals surface area contributed by atoms with Gasteiger partial charge in [-0.05, 0) is 54.1 Å². The average molecular weight is 533 g/mol. The van der Waals surface area contributed by atoms with E-state index in [4.69, 9.17) is 27.9 Å². The van der Waals surface area contributed by atoms with Crippen molar-refractivity contribution >= 4 is 49.7 Å². The van der Waals surface area contributed by atoms with Gasteiger partial charge < -0.3 is 9.84 Å². The number of thiazole rings is 1. The highest BCUT2D eigenvalue weighted by molar-refractivity contribution is 7.93. The molecule has 4 rings (SSSR count). The molecule has 0 saturated heterocycles. The molecule has 8 nitrogen and oxygen atoms in total. The van der Waals surface area contributed by atoms with Gasteiger partial charge in [0.1, 0.15) is 21.9 Å². The van der Waals surface area contributed by atoms with Crippen LogP contribution in [0.4, 0.5) is 5.13 Å². The first-order chi connectivity index (χ1) is 16.3. The SMILES string of the molecule is N#Cc1cc(S(=O)(=O)Nc2ncc(Cl)s2)ccc1Oc1ccc(Cl)cc1-c1ccnc(CO)c1. The van der Waals surface area contributed by atoms with Crippen molar-refractivity contribution in [1.29, 1.82) is 5.26 Å². The molecule has 0 aliphatic rings. The molecule has 2 aromatic heterocycles. The molecule has 0 unspecified atom stereocenters. The van der Waals surface area contributed by atoms with E-state index in [2.05, 4.69) is 14.7 Å². The number of halogens is 2. The Bertz CT molecular complexity index is 1520. The maximum atomic E-state index is 12.7.